The third kappa shape index (κ3) is 1.97. The van der Waals surface area contributed by atoms with Crippen LogP contribution in [-0.2, 0) is 14.3 Å². The molecule has 0 atom stereocenters. The van der Waals surface area contributed by atoms with Crippen molar-refractivity contribution in [2.45, 2.75) is 43.4 Å². The molecule has 2 fully saturated rings. The third-order valence-corrected chi connectivity index (χ3v) is 5.30. The predicted octanol–water partition coefficient (Wildman–Crippen LogP) is 2.87. The summed E-state index contributed by atoms with van der Waals surface area (Å²) in [5.41, 5.74) is -0.295. The molecule has 0 bridgehead atoms. The average molecular weight is 279 g/mol. The van der Waals surface area contributed by atoms with Crippen molar-refractivity contribution in [3.05, 3.63) is 0 Å². The van der Waals surface area contributed by atoms with E-state index in [1.807, 2.05) is 0 Å². The molecule has 2 aliphatic rings. The van der Waals surface area contributed by atoms with Gasteiger partial charge in [0.1, 0.15) is 0 Å². The minimum absolute atomic E-state index is 0.0552. The fourth-order valence-electron chi connectivity index (χ4n) is 2.88. The Balaban J connectivity index is 1.95. The molecule has 17 heavy (non-hydrogen) atoms. The van der Waals surface area contributed by atoms with E-state index < -0.39 is 4.33 Å². The van der Waals surface area contributed by atoms with Crippen LogP contribution >= 0.6 is 23.2 Å². The first-order valence-corrected chi connectivity index (χ1v) is 6.76. The zero-order chi connectivity index (χ0) is 12.7. The quantitative estimate of drug-likeness (QED) is 0.576. The van der Waals surface area contributed by atoms with Crippen molar-refractivity contribution in [3.8, 4) is 0 Å². The number of carbonyl (C=O) groups excluding carboxylic acids is 2. The van der Waals surface area contributed by atoms with Gasteiger partial charge in [0.05, 0.1) is 12.5 Å². The highest BCUT2D eigenvalue weighted by Gasteiger charge is 2.64. The highest BCUT2D eigenvalue weighted by Crippen LogP contribution is 2.62. The molecule has 2 aliphatic carbocycles. The van der Waals surface area contributed by atoms with Gasteiger partial charge in [-0.05, 0) is 32.6 Å². The van der Waals surface area contributed by atoms with Gasteiger partial charge in [0.25, 0.3) is 0 Å². The molecule has 5 heteroatoms. The van der Waals surface area contributed by atoms with E-state index >= 15 is 0 Å². The fraction of sp³-hybridized carbons (Fsp3) is 0.833. The minimum Gasteiger partial charge on any atom is -0.466 e. The second kappa shape index (κ2) is 4.43. The summed E-state index contributed by atoms with van der Waals surface area (Å²) in [6, 6.07) is 0. The van der Waals surface area contributed by atoms with Crippen LogP contribution in [-0.4, -0.2) is 22.7 Å². The fourth-order valence-corrected chi connectivity index (χ4v) is 3.52. The molecule has 0 aromatic heterocycles. The Morgan fingerprint density at radius 1 is 1.41 bits per heavy atom. The lowest BCUT2D eigenvalue weighted by Crippen LogP contribution is -2.59. The number of esters is 1. The first kappa shape index (κ1) is 13.2. The Morgan fingerprint density at radius 2 is 2.00 bits per heavy atom. The molecule has 0 amide bonds. The Morgan fingerprint density at radius 3 is 2.41 bits per heavy atom. The van der Waals surface area contributed by atoms with Crippen molar-refractivity contribution in [2.24, 2.45) is 11.3 Å². The smallest absolute Gasteiger partial charge is 0.308 e. The van der Waals surface area contributed by atoms with Gasteiger partial charge >= 0.3 is 5.97 Å². The first-order chi connectivity index (χ1) is 7.93. The molecule has 0 radical (unpaired) electrons. The van der Waals surface area contributed by atoms with Crippen molar-refractivity contribution < 1.29 is 14.3 Å². The number of carbonyl (C=O) groups is 2. The number of Topliss-reactive ketones (excluding diaryl/α,β-unsaturated/α-hetero) is 1. The molecular formula is C12H16Cl2O3. The zero-order valence-corrected chi connectivity index (χ0v) is 11.3. The molecule has 0 aromatic carbocycles. The molecule has 0 aliphatic heterocycles. The monoisotopic (exact) mass is 278 g/mol. The Hall–Kier alpha value is -0.280. The topological polar surface area (TPSA) is 43.4 Å². The summed E-state index contributed by atoms with van der Waals surface area (Å²) < 4.78 is 3.77. The van der Waals surface area contributed by atoms with E-state index in [1.165, 1.54) is 0 Å². The number of halogens is 2. The van der Waals surface area contributed by atoms with Crippen LogP contribution in [0, 0.1) is 11.3 Å². The zero-order valence-electron chi connectivity index (χ0n) is 9.80. The van der Waals surface area contributed by atoms with E-state index in [1.54, 1.807) is 6.92 Å². The van der Waals surface area contributed by atoms with Crippen LogP contribution in [0.1, 0.15) is 39.0 Å². The SMILES string of the molecule is CCOC(=O)C1CCC2(CC1)CC(=O)C2(Cl)Cl. The van der Waals surface area contributed by atoms with Crippen molar-refractivity contribution >= 4 is 35.0 Å². The van der Waals surface area contributed by atoms with Gasteiger partial charge in [-0.1, -0.05) is 23.2 Å². The summed E-state index contributed by atoms with van der Waals surface area (Å²) in [6.45, 7) is 2.21. The summed E-state index contributed by atoms with van der Waals surface area (Å²) in [6.07, 6.45) is 3.35. The highest BCUT2D eigenvalue weighted by molar-refractivity contribution is 6.61. The summed E-state index contributed by atoms with van der Waals surface area (Å²) in [7, 11) is 0. The van der Waals surface area contributed by atoms with E-state index in [2.05, 4.69) is 0 Å². The van der Waals surface area contributed by atoms with E-state index in [9.17, 15) is 9.59 Å². The Bertz CT molecular complexity index is 344. The number of ether oxygens (including phenoxy) is 1. The molecule has 0 saturated heterocycles. The lowest BCUT2D eigenvalue weighted by atomic mass is 9.57. The Labute approximate surface area is 111 Å². The van der Waals surface area contributed by atoms with E-state index in [0.29, 0.717) is 25.9 Å². The van der Waals surface area contributed by atoms with Crippen molar-refractivity contribution in [1.82, 2.24) is 0 Å². The van der Waals surface area contributed by atoms with Gasteiger partial charge < -0.3 is 4.74 Å². The van der Waals surface area contributed by atoms with Gasteiger partial charge in [0.15, 0.2) is 10.1 Å². The van der Waals surface area contributed by atoms with Crippen LogP contribution in [0.25, 0.3) is 0 Å². The predicted molar refractivity (Wildman–Crippen MR) is 65.1 cm³/mol. The first-order valence-electron chi connectivity index (χ1n) is 6.01. The van der Waals surface area contributed by atoms with Crippen LogP contribution in [0.2, 0.25) is 0 Å². The molecular weight excluding hydrogens is 263 g/mol. The van der Waals surface area contributed by atoms with Gasteiger partial charge in [-0.25, -0.2) is 0 Å². The van der Waals surface area contributed by atoms with E-state index in [0.717, 1.165) is 12.8 Å². The number of rotatable bonds is 2. The molecule has 0 aromatic rings. The second-order valence-electron chi connectivity index (χ2n) is 4.98. The molecule has 0 unspecified atom stereocenters. The third-order valence-electron chi connectivity index (χ3n) is 4.08. The van der Waals surface area contributed by atoms with Crippen molar-refractivity contribution in [3.63, 3.8) is 0 Å². The average Bonchev–Trinajstić information content (AvgIpc) is 2.30. The maximum atomic E-state index is 11.6. The number of alkyl halides is 2. The van der Waals surface area contributed by atoms with E-state index in [-0.39, 0.29) is 23.1 Å². The van der Waals surface area contributed by atoms with Crippen molar-refractivity contribution in [1.29, 1.82) is 0 Å². The lowest BCUT2D eigenvalue weighted by Gasteiger charge is -2.53. The number of hydrogen-bond donors (Lipinski definition) is 0. The number of ketones is 1. The molecule has 2 saturated carbocycles. The maximum absolute atomic E-state index is 11.6. The van der Waals surface area contributed by atoms with Crippen molar-refractivity contribution in [2.75, 3.05) is 6.61 Å². The summed E-state index contributed by atoms with van der Waals surface area (Å²) >= 11 is 12.2. The molecule has 2 rings (SSSR count). The van der Waals surface area contributed by atoms with Gasteiger partial charge in [-0.15, -0.1) is 0 Å². The summed E-state index contributed by atoms with van der Waals surface area (Å²) in [5, 5.41) is 0. The lowest BCUT2D eigenvalue weighted by molar-refractivity contribution is -0.151. The standard InChI is InChI=1S/C12H16Cl2O3/c1-2-17-10(16)8-3-5-11(6-4-8)7-9(15)12(11,13)14/h8H,2-7H2,1H3. The van der Waals surface area contributed by atoms with Crippen LogP contribution in [0.4, 0.5) is 0 Å². The minimum atomic E-state index is -1.23. The molecule has 0 heterocycles. The normalized spacial score (nSPS) is 35.5. The van der Waals surface area contributed by atoms with Gasteiger partial charge in [0.2, 0.25) is 0 Å². The largest absolute Gasteiger partial charge is 0.466 e. The maximum Gasteiger partial charge on any atom is 0.308 e. The highest BCUT2D eigenvalue weighted by atomic mass is 35.5. The van der Waals surface area contributed by atoms with Gasteiger partial charge in [-0.2, -0.15) is 0 Å². The van der Waals surface area contributed by atoms with Crippen LogP contribution < -0.4 is 0 Å². The van der Waals surface area contributed by atoms with Crippen LogP contribution in [0.5, 0.6) is 0 Å². The van der Waals surface area contributed by atoms with Gasteiger partial charge in [0, 0.05) is 11.8 Å². The summed E-state index contributed by atoms with van der Waals surface area (Å²) in [4.78, 5) is 23.0. The summed E-state index contributed by atoms with van der Waals surface area (Å²) in [5.74, 6) is -0.279. The molecule has 3 nitrogen and oxygen atoms in total. The number of hydrogen-bond acceptors (Lipinski definition) is 3. The molecule has 0 N–H and O–H groups in total. The van der Waals surface area contributed by atoms with Gasteiger partial charge in [-0.3, -0.25) is 9.59 Å². The van der Waals surface area contributed by atoms with E-state index in [4.69, 9.17) is 27.9 Å². The van der Waals surface area contributed by atoms with Crippen LogP contribution in [0.15, 0.2) is 0 Å². The second-order valence-corrected chi connectivity index (χ2v) is 6.31. The van der Waals surface area contributed by atoms with Crippen LogP contribution in [0.3, 0.4) is 0 Å². The molecule has 96 valence electrons. The Kier molecular flexibility index (Phi) is 3.43. The molecule has 1 spiro atoms.